The molecule has 7 N–H and O–H groups in total. The molecule has 66 valence electrons. The summed E-state index contributed by atoms with van der Waals surface area (Å²) in [4.78, 5) is 50.9. The van der Waals surface area contributed by atoms with Gasteiger partial charge in [-0.2, -0.15) is 0 Å². The van der Waals surface area contributed by atoms with Gasteiger partial charge in [-0.3, -0.25) is 0 Å². The summed E-state index contributed by atoms with van der Waals surface area (Å²) >= 11 is 0. The first-order chi connectivity index (χ1) is 4.00. The van der Waals surface area contributed by atoms with E-state index in [0.29, 0.717) is 0 Å². The van der Waals surface area contributed by atoms with E-state index in [0.717, 1.165) is 0 Å². The molecule has 0 bridgehead atoms. The van der Waals surface area contributed by atoms with E-state index in [9.17, 15) is 0 Å². The van der Waals surface area contributed by atoms with Crippen molar-refractivity contribution < 1.29 is 57.9 Å². The Morgan fingerprint density at radius 3 is 0.909 bits per heavy atom. The standard InChI is InChI=1S/H3O4P.H4O4Si.Zn/c2*1-5(2,3)4;/h(H3,1,2,3,4);1-4H;. The molecule has 0 aliphatic rings. The first-order valence-corrected chi connectivity index (χ1v) is 5.03. The first-order valence-electron chi connectivity index (χ1n) is 1.68. The van der Waals surface area contributed by atoms with Crippen LogP contribution in [-0.4, -0.2) is 42.9 Å². The molecule has 0 aromatic carbocycles. The topological polar surface area (TPSA) is 159 Å². The molecule has 0 aliphatic heterocycles. The normalized spacial score (nSPS) is 10.8. The third-order valence-corrected chi connectivity index (χ3v) is 0. The zero-order valence-corrected chi connectivity index (χ0v) is 10.1. The van der Waals surface area contributed by atoms with Crippen molar-refractivity contribution in [1.29, 1.82) is 0 Å². The Labute approximate surface area is 75.2 Å². The summed E-state index contributed by atoms with van der Waals surface area (Å²) < 4.78 is 8.88. The van der Waals surface area contributed by atoms with Gasteiger partial charge in [0.15, 0.2) is 0 Å². The molecule has 0 saturated carbocycles. The average Bonchev–Trinajstić information content (AvgIpc) is 1.12. The van der Waals surface area contributed by atoms with E-state index in [-0.39, 0.29) is 19.5 Å². The van der Waals surface area contributed by atoms with Gasteiger partial charge in [-0.05, 0) is 0 Å². The van der Waals surface area contributed by atoms with Crippen molar-refractivity contribution in [3.8, 4) is 0 Å². The third-order valence-electron chi connectivity index (χ3n) is 0. The van der Waals surface area contributed by atoms with Crippen LogP contribution in [0.15, 0.2) is 0 Å². The van der Waals surface area contributed by atoms with Crippen LogP contribution in [0.3, 0.4) is 0 Å². The molecule has 11 heteroatoms. The fourth-order valence-corrected chi connectivity index (χ4v) is 0. The van der Waals surface area contributed by atoms with Crippen molar-refractivity contribution >= 4 is 16.9 Å². The quantitative estimate of drug-likeness (QED) is 0.174. The Balaban J connectivity index is -0.000000107. The van der Waals surface area contributed by atoms with Gasteiger partial charge in [0.05, 0.1) is 0 Å². The fraction of sp³-hybridized carbons (Fsp3) is 0. The van der Waals surface area contributed by atoms with Gasteiger partial charge in [-0.15, -0.1) is 0 Å². The van der Waals surface area contributed by atoms with Crippen LogP contribution < -0.4 is 0 Å². The number of hydrogen-bond acceptors (Lipinski definition) is 5. The largest absolute Gasteiger partial charge is 0.668 e. The molecule has 0 amide bonds. The number of phosphoric acid groups is 1. The Kier molecular flexibility index (Phi) is 10.2. The molecule has 11 heavy (non-hydrogen) atoms. The van der Waals surface area contributed by atoms with Crippen LogP contribution >= 0.6 is 7.82 Å². The summed E-state index contributed by atoms with van der Waals surface area (Å²) in [5.41, 5.74) is 0. The van der Waals surface area contributed by atoms with Crippen molar-refractivity contribution in [3.63, 3.8) is 0 Å². The molecule has 0 unspecified atom stereocenters. The van der Waals surface area contributed by atoms with Crippen molar-refractivity contribution in [2.75, 3.05) is 0 Å². The molecule has 0 aromatic rings. The van der Waals surface area contributed by atoms with E-state index < -0.39 is 16.9 Å². The predicted molar refractivity (Wildman–Crippen MR) is 28.9 cm³/mol. The maximum absolute atomic E-state index is 8.88. The van der Waals surface area contributed by atoms with Crippen LogP contribution in [0.5, 0.6) is 0 Å². The minimum atomic E-state index is -4.64. The summed E-state index contributed by atoms with van der Waals surface area (Å²) in [6.45, 7) is 0. The zero-order valence-electron chi connectivity index (χ0n) is 5.19. The molecule has 0 fully saturated rings. The summed E-state index contributed by atoms with van der Waals surface area (Å²) in [5, 5.41) is 0. The van der Waals surface area contributed by atoms with Gasteiger partial charge in [-0.25, -0.2) is 4.57 Å². The van der Waals surface area contributed by atoms with E-state index in [4.69, 9.17) is 38.4 Å². The molecule has 0 heterocycles. The van der Waals surface area contributed by atoms with Crippen LogP contribution in [-0.2, 0) is 24.0 Å². The maximum Gasteiger partial charge on any atom is 0.668 e. The number of hydrogen-bond donors (Lipinski definition) is 7. The van der Waals surface area contributed by atoms with Gasteiger partial charge in [0.1, 0.15) is 0 Å². The zero-order chi connectivity index (χ0) is 9.00. The summed E-state index contributed by atoms with van der Waals surface area (Å²) in [6, 6.07) is 0. The SMILES string of the molecule is O=P(O)(O)O.O[Si](O)(O)O.[Zn]. The minimum Gasteiger partial charge on any atom is -0.368 e. The van der Waals surface area contributed by atoms with Crippen molar-refractivity contribution in [2.45, 2.75) is 0 Å². The molecule has 0 rings (SSSR count). The second-order valence-electron chi connectivity index (χ2n) is 1.11. The Morgan fingerprint density at radius 2 is 0.909 bits per heavy atom. The van der Waals surface area contributed by atoms with E-state index in [1.54, 1.807) is 0 Å². The summed E-state index contributed by atoms with van der Waals surface area (Å²) in [5.74, 6) is 0. The van der Waals surface area contributed by atoms with Crippen LogP contribution in [0.2, 0.25) is 0 Å². The fourth-order valence-electron chi connectivity index (χ4n) is 0. The van der Waals surface area contributed by atoms with Gasteiger partial charge in [0.25, 0.3) is 0 Å². The van der Waals surface area contributed by atoms with Gasteiger partial charge in [0, 0.05) is 19.5 Å². The van der Waals surface area contributed by atoms with Crippen LogP contribution in [0.4, 0.5) is 0 Å². The van der Waals surface area contributed by atoms with Gasteiger partial charge >= 0.3 is 16.9 Å². The second kappa shape index (κ2) is 6.32. The number of rotatable bonds is 0. The molecule has 8 nitrogen and oxygen atoms in total. The van der Waals surface area contributed by atoms with Crippen molar-refractivity contribution in [1.82, 2.24) is 0 Å². The van der Waals surface area contributed by atoms with E-state index >= 15 is 0 Å². The van der Waals surface area contributed by atoms with Crippen molar-refractivity contribution in [2.24, 2.45) is 0 Å². The Hall–Kier alpha value is 0.790. The summed E-state index contributed by atoms with van der Waals surface area (Å²) in [7, 11) is -9.25. The minimum absolute atomic E-state index is 0. The van der Waals surface area contributed by atoms with E-state index in [1.807, 2.05) is 0 Å². The van der Waals surface area contributed by atoms with Crippen LogP contribution in [0.25, 0.3) is 0 Å². The first kappa shape index (κ1) is 17.8. The molecule has 0 atom stereocenters. The molecular weight excluding hydrogens is 252 g/mol. The second-order valence-corrected chi connectivity index (χ2v) is 3.34. The van der Waals surface area contributed by atoms with Gasteiger partial charge < -0.3 is 33.9 Å². The molecular formula is H7O8PSiZn. The van der Waals surface area contributed by atoms with Crippen molar-refractivity contribution in [3.05, 3.63) is 0 Å². The Bertz CT molecular complexity index is 106. The molecule has 0 saturated heterocycles. The maximum atomic E-state index is 8.88. The summed E-state index contributed by atoms with van der Waals surface area (Å²) in [6.07, 6.45) is 0. The smallest absolute Gasteiger partial charge is 0.368 e. The monoisotopic (exact) mass is 258 g/mol. The molecule has 0 aliphatic carbocycles. The van der Waals surface area contributed by atoms with Crippen LogP contribution in [0.1, 0.15) is 0 Å². The van der Waals surface area contributed by atoms with Crippen LogP contribution in [0, 0.1) is 0 Å². The molecule has 0 radical (unpaired) electrons. The molecule has 0 aromatic heterocycles. The predicted octanol–water partition coefficient (Wildman–Crippen LogP) is -3.54. The van der Waals surface area contributed by atoms with E-state index in [1.165, 1.54) is 0 Å². The van der Waals surface area contributed by atoms with E-state index in [2.05, 4.69) is 0 Å². The average molecular weight is 259 g/mol. The third kappa shape index (κ3) is 1340. The van der Waals surface area contributed by atoms with Gasteiger partial charge in [0.2, 0.25) is 0 Å². The Morgan fingerprint density at radius 1 is 0.909 bits per heavy atom. The van der Waals surface area contributed by atoms with Gasteiger partial charge in [-0.1, -0.05) is 0 Å². The molecule has 0 spiro atoms.